The molecule has 1 aliphatic heterocycles. The first-order valence-electron chi connectivity index (χ1n) is 7.82. The SMILES string of the molecule is O=C(O)CC1CSCCN1C(=O)Cc1csc(-c2ccc(Cl)cc2)n1. The highest BCUT2D eigenvalue weighted by molar-refractivity contribution is 7.99. The number of nitrogens with zero attached hydrogens (tertiary/aromatic N) is 2. The molecule has 1 N–H and O–H groups in total. The number of carbonyl (C=O) groups is 2. The summed E-state index contributed by atoms with van der Waals surface area (Å²) in [7, 11) is 0. The standard InChI is InChI=1S/C17H17ClN2O3S2/c18-12-3-1-11(2-4-12)17-19-13(9-25-17)7-15(21)20-5-6-24-10-14(20)8-16(22)23/h1-4,9,14H,5-8,10H2,(H,22,23). The zero-order valence-corrected chi connectivity index (χ0v) is 15.7. The molecule has 1 amide bonds. The molecule has 1 aromatic heterocycles. The zero-order chi connectivity index (χ0) is 17.8. The number of rotatable bonds is 5. The van der Waals surface area contributed by atoms with E-state index in [0.29, 0.717) is 23.0 Å². The molecule has 0 spiro atoms. The molecule has 3 rings (SSSR count). The van der Waals surface area contributed by atoms with Gasteiger partial charge in [0.25, 0.3) is 0 Å². The fraction of sp³-hybridized carbons (Fsp3) is 0.353. The second-order valence-corrected chi connectivity index (χ2v) is 8.19. The topological polar surface area (TPSA) is 70.5 Å². The van der Waals surface area contributed by atoms with Gasteiger partial charge < -0.3 is 10.0 Å². The van der Waals surface area contributed by atoms with Gasteiger partial charge in [0.15, 0.2) is 0 Å². The molecule has 1 aliphatic rings. The number of carboxylic acids is 1. The van der Waals surface area contributed by atoms with E-state index >= 15 is 0 Å². The third-order valence-electron chi connectivity index (χ3n) is 3.93. The van der Waals surface area contributed by atoms with Crippen molar-refractivity contribution in [3.05, 3.63) is 40.4 Å². The molecule has 2 heterocycles. The number of amides is 1. The van der Waals surface area contributed by atoms with Crippen LogP contribution in [-0.4, -0.2) is 51.0 Å². The van der Waals surface area contributed by atoms with Gasteiger partial charge in [-0.2, -0.15) is 11.8 Å². The molecule has 0 saturated carbocycles. The Hall–Kier alpha value is -1.57. The molecule has 1 fully saturated rings. The predicted octanol–water partition coefficient (Wildman–Crippen LogP) is 3.42. The molecule has 1 atom stereocenters. The van der Waals surface area contributed by atoms with Crippen LogP contribution in [0.2, 0.25) is 5.02 Å². The van der Waals surface area contributed by atoms with E-state index in [4.69, 9.17) is 16.7 Å². The van der Waals surface area contributed by atoms with Gasteiger partial charge in [0.2, 0.25) is 5.91 Å². The summed E-state index contributed by atoms with van der Waals surface area (Å²) in [5.74, 6) is 0.587. The number of hydrogen-bond acceptors (Lipinski definition) is 5. The van der Waals surface area contributed by atoms with E-state index in [2.05, 4.69) is 4.98 Å². The van der Waals surface area contributed by atoms with Crippen molar-refractivity contribution in [2.24, 2.45) is 0 Å². The fourth-order valence-electron chi connectivity index (χ4n) is 2.72. The first kappa shape index (κ1) is 18.2. The van der Waals surface area contributed by atoms with Crippen LogP contribution in [0.1, 0.15) is 12.1 Å². The molecule has 8 heteroatoms. The molecule has 25 heavy (non-hydrogen) atoms. The second kappa shape index (κ2) is 8.21. The summed E-state index contributed by atoms with van der Waals surface area (Å²) in [6.07, 6.45) is 0.191. The first-order chi connectivity index (χ1) is 12.0. The van der Waals surface area contributed by atoms with Crippen molar-refractivity contribution >= 4 is 46.6 Å². The van der Waals surface area contributed by atoms with Gasteiger partial charge in [-0.25, -0.2) is 4.98 Å². The summed E-state index contributed by atoms with van der Waals surface area (Å²) in [4.78, 5) is 29.9. The molecule has 1 aromatic carbocycles. The highest BCUT2D eigenvalue weighted by Gasteiger charge is 2.29. The summed E-state index contributed by atoms with van der Waals surface area (Å²) in [6.45, 7) is 0.593. The zero-order valence-electron chi connectivity index (χ0n) is 13.4. The van der Waals surface area contributed by atoms with Crippen molar-refractivity contribution in [1.82, 2.24) is 9.88 Å². The van der Waals surface area contributed by atoms with Gasteiger partial charge in [-0.3, -0.25) is 9.59 Å². The number of halogens is 1. The molecule has 1 unspecified atom stereocenters. The van der Waals surface area contributed by atoms with E-state index in [1.165, 1.54) is 11.3 Å². The van der Waals surface area contributed by atoms with Crippen LogP contribution in [0.5, 0.6) is 0 Å². The molecule has 5 nitrogen and oxygen atoms in total. The highest BCUT2D eigenvalue weighted by atomic mass is 35.5. The van der Waals surface area contributed by atoms with Crippen LogP contribution in [0, 0.1) is 0 Å². The Morgan fingerprint density at radius 3 is 2.80 bits per heavy atom. The molecule has 0 aliphatic carbocycles. The van der Waals surface area contributed by atoms with Crippen molar-refractivity contribution in [3.8, 4) is 10.6 Å². The van der Waals surface area contributed by atoms with Crippen LogP contribution in [0.25, 0.3) is 10.6 Å². The van der Waals surface area contributed by atoms with Crippen molar-refractivity contribution in [1.29, 1.82) is 0 Å². The van der Waals surface area contributed by atoms with Gasteiger partial charge in [-0.05, 0) is 12.1 Å². The van der Waals surface area contributed by atoms with Crippen LogP contribution in [0.15, 0.2) is 29.6 Å². The van der Waals surface area contributed by atoms with Gasteiger partial charge >= 0.3 is 5.97 Å². The molecule has 132 valence electrons. The normalized spacial score (nSPS) is 17.5. The Labute approximate surface area is 159 Å². The average Bonchev–Trinajstić information content (AvgIpc) is 3.04. The lowest BCUT2D eigenvalue weighted by molar-refractivity contribution is -0.140. The van der Waals surface area contributed by atoms with Gasteiger partial charge in [-0.1, -0.05) is 23.7 Å². The molecule has 2 aromatic rings. The van der Waals surface area contributed by atoms with E-state index in [1.807, 2.05) is 29.6 Å². The molecular formula is C17H17ClN2O3S2. The van der Waals surface area contributed by atoms with Crippen LogP contribution < -0.4 is 0 Å². The number of aromatic nitrogens is 1. The number of benzene rings is 1. The number of carboxylic acid groups (broad SMARTS) is 1. The Morgan fingerprint density at radius 2 is 2.08 bits per heavy atom. The van der Waals surface area contributed by atoms with Crippen molar-refractivity contribution < 1.29 is 14.7 Å². The third kappa shape index (κ3) is 4.74. The van der Waals surface area contributed by atoms with Crippen LogP contribution in [-0.2, 0) is 16.0 Å². The van der Waals surface area contributed by atoms with E-state index in [9.17, 15) is 9.59 Å². The minimum atomic E-state index is -0.871. The monoisotopic (exact) mass is 396 g/mol. The maximum atomic E-state index is 12.6. The van der Waals surface area contributed by atoms with Crippen molar-refractivity contribution in [2.75, 3.05) is 18.1 Å². The van der Waals surface area contributed by atoms with E-state index in [1.54, 1.807) is 16.7 Å². The molecule has 0 radical (unpaired) electrons. The maximum absolute atomic E-state index is 12.6. The van der Waals surface area contributed by atoms with Gasteiger partial charge in [0.1, 0.15) is 5.01 Å². The lowest BCUT2D eigenvalue weighted by Crippen LogP contribution is -2.47. The summed E-state index contributed by atoms with van der Waals surface area (Å²) in [5, 5.41) is 12.4. The molecule has 1 saturated heterocycles. The van der Waals surface area contributed by atoms with E-state index in [-0.39, 0.29) is 24.8 Å². The smallest absolute Gasteiger partial charge is 0.305 e. The summed E-state index contributed by atoms with van der Waals surface area (Å²) >= 11 is 9.08. The fourth-order valence-corrected chi connectivity index (χ4v) is 4.74. The number of thioether (sulfide) groups is 1. The Bertz CT molecular complexity index is 764. The highest BCUT2D eigenvalue weighted by Crippen LogP contribution is 2.26. The van der Waals surface area contributed by atoms with Gasteiger partial charge in [-0.15, -0.1) is 11.3 Å². The average molecular weight is 397 g/mol. The largest absolute Gasteiger partial charge is 0.481 e. The maximum Gasteiger partial charge on any atom is 0.305 e. The van der Waals surface area contributed by atoms with Crippen LogP contribution >= 0.6 is 34.7 Å². The summed E-state index contributed by atoms with van der Waals surface area (Å²) < 4.78 is 0. The van der Waals surface area contributed by atoms with Gasteiger partial charge in [0.05, 0.1) is 24.6 Å². The Kier molecular flexibility index (Phi) is 5.98. The number of aliphatic carboxylic acids is 1. The predicted molar refractivity (Wildman–Crippen MR) is 101 cm³/mol. The van der Waals surface area contributed by atoms with Crippen molar-refractivity contribution in [3.63, 3.8) is 0 Å². The lowest BCUT2D eigenvalue weighted by Gasteiger charge is -2.34. The minimum absolute atomic E-state index is 0.00810. The van der Waals surface area contributed by atoms with Gasteiger partial charge in [0, 0.05) is 34.0 Å². The summed E-state index contributed by atoms with van der Waals surface area (Å²) in [6, 6.07) is 7.18. The number of carbonyl (C=O) groups excluding carboxylic acids is 1. The quantitative estimate of drug-likeness (QED) is 0.838. The first-order valence-corrected chi connectivity index (χ1v) is 10.2. The van der Waals surface area contributed by atoms with Crippen LogP contribution in [0.4, 0.5) is 0 Å². The van der Waals surface area contributed by atoms with Crippen LogP contribution in [0.3, 0.4) is 0 Å². The minimum Gasteiger partial charge on any atom is -0.481 e. The van der Waals surface area contributed by atoms with E-state index < -0.39 is 5.97 Å². The molecular weight excluding hydrogens is 380 g/mol. The number of thiazole rings is 1. The number of hydrogen-bond donors (Lipinski definition) is 1. The van der Waals surface area contributed by atoms with Crippen molar-refractivity contribution in [2.45, 2.75) is 18.9 Å². The Morgan fingerprint density at radius 1 is 1.32 bits per heavy atom. The third-order valence-corrected chi connectivity index (χ3v) is 6.22. The lowest BCUT2D eigenvalue weighted by atomic mass is 10.1. The molecule has 0 bridgehead atoms. The van der Waals surface area contributed by atoms with E-state index in [0.717, 1.165) is 16.3 Å². The summed E-state index contributed by atoms with van der Waals surface area (Å²) in [5.41, 5.74) is 1.68. The Balaban J connectivity index is 1.68. The second-order valence-electron chi connectivity index (χ2n) is 5.74.